The minimum Gasteiger partial charge on any atom is -0.340 e. The van der Waals surface area contributed by atoms with Gasteiger partial charge in [-0.05, 0) is 6.54 Å². The summed E-state index contributed by atoms with van der Waals surface area (Å²) in [4.78, 5) is 15.6. The van der Waals surface area contributed by atoms with E-state index in [1.807, 2.05) is 24.0 Å². The molecule has 100 valence electrons. The topological polar surface area (TPSA) is 97.2 Å². The maximum atomic E-state index is 12.0. The summed E-state index contributed by atoms with van der Waals surface area (Å²) in [7, 11) is 0. The van der Waals surface area contributed by atoms with E-state index in [1.165, 1.54) is 0 Å². The third-order valence-electron chi connectivity index (χ3n) is 2.59. The fraction of sp³-hybridized carbons (Fsp3) is 0.750. The standard InChI is InChI=1S/C12H21N5O/c1-2-16(10-7-15)11-12(18)17(8-3-5-13)9-4-6-14/h2-4,7-11,15H2,1H3. The molecule has 0 fully saturated rings. The highest BCUT2D eigenvalue weighted by molar-refractivity contribution is 5.78. The van der Waals surface area contributed by atoms with Gasteiger partial charge in [-0.2, -0.15) is 10.5 Å². The molecule has 1 amide bonds. The van der Waals surface area contributed by atoms with Crippen LogP contribution in [0.2, 0.25) is 0 Å². The third kappa shape index (κ3) is 6.85. The molecule has 0 bridgehead atoms. The summed E-state index contributed by atoms with van der Waals surface area (Å²) >= 11 is 0. The first-order valence-corrected chi connectivity index (χ1v) is 6.13. The number of hydrogen-bond acceptors (Lipinski definition) is 5. The van der Waals surface area contributed by atoms with Crippen LogP contribution in [0.3, 0.4) is 0 Å². The zero-order valence-corrected chi connectivity index (χ0v) is 10.9. The molecule has 0 radical (unpaired) electrons. The Hall–Kier alpha value is -1.63. The van der Waals surface area contributed by atoms with Crippen molar-refractivity contribution in [1.29, 1.82) is 10.5 Å². The van der Waals surface area contributed by atoms with Crippen molar-refractivity contribution in [1.82, 2.24) is 9.80 Å². The normalized spacial score (nSPS) is 9.83. The average Bonchev–Trinajstić information content (AvgIpc) is 2.38. The van der Waals surface area contributed by atoms with Gasteiger partial charge in [-0.1, -0.05) is 6.92 Å². The van der Waals surface area contributed by atoms with Crippen LogP contribution in [0.5, 0.6) is 0 Å². The number of likely N-dealkylation sites (N-methyl/N-ethyl adjacent to an activating group) is 1. The Balaban J connectivity index is 4.34. The fourth-order valence-electron chi connectivity index (χ4n) is 1.55. The van der Waals surface area contributed by atoms with Crippen LogP contribution in [0.4, 0.5) is 0 Å². The van der Waals surface area contributed by atoms with Crippen molar-refractivity contribution in [3.63, 3.8) is 0 Å². The highest BCUT2D eigenvalue weighted by atomic mass is 16.2. The molecule has 0 aromatic rings. The van der Waals surface area contributed by atoms with Crippen molar-refractivity contribution in [3.8, 4) is 12.1 Å². The fourth-order valence-corrected chi connectivity index (χ4v) is 1.55. The van der Waals surface area contributed by atoms with E-state index < -0.39 is 0 Å². The molecule has 0 aromatic heterocycles. The summed E-state index contributed by atoms with van der Waals surface area (Å²) < 4.78 is 0. The lowest BCUT2D eigenvalue weighted by Gasteiger charge is -2.25. The van der Waals surface area contributed by atoms with Crippen LogP contribution in [0.25, 0.3) is 0 Å². The van der Waals surface area contributed by atoms with E-state index in [0.717, 1.165) is 6.54 Å². The second kappa shape index (κ2) is 10.5. The minimum absolute atomic E-state index is 0.0456. The predicted octanol–water partition coefficient (Wildman–Crippen LogP) is -0.0770. The molecule has 0 spiro atoms. The number of nitriles is 2. The lowest BCUT2D eigenvalue weighted by atomic mass is 10.3. The van der Waals surface area contributed by atoms with Crippen LogP contribution in [-0.2, 0) is 4.79 Å². The van der Waals surface area contributed by atoms with Crippen LogP contribution < -0.4 is 5.73 Å². The highest BCUT2D eigenvalue weighted by Gasteiger charge is 2.15. The molecule has 0 aliphatic rings. The molecule has 0 saturated heterocycles. The van der Waals surface area contributed by atoms with Crippen molar-refractivity contribution < 1.29 is 4.79 Å². The van der Waals surface area contributed by atoms with Crippen molar-refractivity contribution in [2.75, 3.05) is 39.3 Å². The second-order valence-corrected chi connectivity index (χ2v) is 3.85. The van der Waals surface area contributed by atoms with Crippen molar-refractivity contribution in [2.45, 2.75) is 19.8 Å². The summed E-state index contributed by atoms with van der Waals surface area (Å²) in [6, 6.07) is 4.02. The Kier molecular flexibility index (Phi) is 9.57. The predicted molar refractivity (Wildman–Crippen MR) is 68.2 cm³/mol. The van der Waals surface area contributed by atoms with Crippen molar-refractivity contribution in [2.24, 2.45) is 5.73 Å². The molecule has 0 aliphatic heterocycles. The van der Waals surface area contributed by atoms with Gasteiger partial charge in [-0.15, -0.1) is 0 Å². The summed E-state index contributed by atoms with van der Waals surface area (Å²) in [6.07, 6.45) is 0.584. The number of nitrogens with zero attached hydrogens (tertiary/aromatic N) is 4. The van der Waals surface area contributed by atoms with E-state index in [-0.39, 0.29) is 5.91 Å². The van der Waals surface area contributed by atoms with E-state index in [1.54, 1.807) is 4.90 Å². The first-order chi connectivity index (χ1) is 8.69. The third-order valence-corrected chi connectivity index (χ3v) is 2.59. The van der Waals surface area contributed by atoms with Crippen LogP contribution in [0, 0.1) is 22.7 Å². The maximum Gasteiger partial charge on any atom is 0.236 e. The number of carbonyl (C=O) groups excluding carboxylic acids is 1. The molecule has 0 unspecified atom stereocenters. The van der Waals surface area contributed by atoms with Gasteiger partial charge >= 0.3 is 0 Å². The summed E-state index contributed by atoms with van der Waals surface area (Å²) in [5.74, 6) is -0.0456. The molecule has 6 nitrogen and oxygen atoms in total. The average molecular weight is 251 g/mol. The molecule has 2 N–H and O–H groups in total. The first-order valence-electron chi connectivity index (χ1n) is 6.13. The lowest BCUT2D eigenvalue weighted by Crippen LogP contribution is -2.42. The molecule has 6 heteroatoms. The van der Waals surface area contributed by atoms with Gasteiger partial charge in [-0.3, -0.25) is 9.69 Å². The van der Waals surface area contributed by atoms with Gasteiger partial charge in [0.25, 0.3) is 0 Å². The number of carbonyl (C=O) groups is 1. The lowest BCUT2D eigenvalue weighted by molar-refractivity contribution is -0.132. The Morgan fingerprint density at radius 2 is 1.72 bits per heavy atom. The van der Waals surface area contributed by atoms with E-state index in [0.29, 0.717) is 45.6 Å². The Bertz CT molecular complexity index is 299. The van der Waals surface area contributed by atoms with E-state index in [9.17, 15) is 4.79 Å². The van der Waals surface area contributed by atoms with Gasteiger partial charge in [0.15, 0.2) is 0 Å². The Labute approximate surface area is 109 Å². The molecule has 18 heavy (non-hydrogen) atoms. The van der Waals surface area contributed by atoms with Gasteiger partial charge in [0.05, 0.1) is 31.5 Å². The molecule has 0 heterocycles. The van der Waals surface area contributed by atoms with E-state index in [4.69, 9.17) is 16.3 Å². The van der Waals surface area contributed by atoms with Gasteiger partial charge < -0.3 is 10.6 Å². The SMILES string of the molecule is CCN(CCN)CC(=O)N(CCC#N)CCC#N. The molecule has 0 rings (SSSR count). The van der Waals surface area contributed by atoms with Crippen LogP contribution >= 0.6 is 0 Å². The van der Waals surface area contributed by atoms with Gasteiger partial charge in [0, 0.05) is 26.2 Å². The molecular weight excluding hydrogens is 230 g/mol. The number of nitrogens with two attached hydrogens (primary N) is 1. The van der Waals surface area contributed by atoms with E-state index >= 15 is 0 Å². The summed E-state index contributed by atoms with van der Waals surface area (Å²) in [5, 5.41) is 17.1. The second-order valence-electron chi connectivity index (χ2n) is 3.85. The van der Waals surface area contributed by atoms with Crippen LogP contribution in [-0.4, -0.2) is 55.0 Å². The zero-order valence-electron chi connectivity index (χ0n) is 10.9. The number of hydrogen-bond donors (Lipinski definition) is 1. The van der Waals surface area contributed by atoms with E-state index in [2.05, 4.69) is 0 Å². The highest BCUT2D eigenvalue weighted by Crippen LogP contribution is 1.98. The summed E-state index contributed by atoms with van der Waals surface area (Å²) in [6.45, 7) is 4.98. The van der Waals surface area contributed by atoms with Crippen LogP contribution in [0.1, 0.15) is 19.8 Å². The van der Waals surface area contributed by atoms with Crippen LogP contribution in [0.15, 0.2) is 0 Å². The Morgan fingerprint density at radius 1 is 1.17 bits per heavy atom. The monoisotopic (exact) mass is 251 g/mol. The minimum atomic E-state index is -0.0456. The largest absolute Gasteiger partial charge is 0.340 e. The van der Waals surface area contributed by atoms with Crippen molar-refractivity contribution >= 4 is 5.91 Å². The van der Waals surface area contributed by atoms with Gasteiger partial charge in [0.2, 0.25) is 5.91 Å². The number of amides is 1. The molecule has 0 saturated carbocycles. The molecular formula is C12H21N5O. The quantitative estimate of drug-likeness (QED) is 0.618. The molecule has 0 aliphatic carbocycles. The van der Waals surface area contributed by atoms with Gasteiger partial charge in [-0.25, -0.2) is 0 Å². The maximum absolute atomic E-state index is 12.0. The Morgan fingerprint density at radius 3 is 2.11 bits per heavy atom. The smallest absolute Gasteiger partial charge is 0.236 e. The van der Waals surface area contributed by atoms with Gasteiger partial charge in [0.1, 0.15) is 0 Å². The molecule has 0 atom stereocenters. The summed E-state index contributed by atoms with van der Waals surface area (Å²) in [5.41, 5.74) is 5.46. The first kappa shape index (κ1) is 16.4. The molecule has 0 aromatic carbocycles. The number of rotatable bonds is 9. The van der Waals surface area contributed by atoms with Crippen molar-refractivity contribution in [3.05, 3.63) is 0 Å². The zero-order chi connectivity index (χ0) is 13.8.